The second-order valence-electron chi connectivity index (χ2n) is 6.25. The predicted molar refractivity (Wildman–Crippen MR) is 113 cm³/mol. The summed E-state index contributed by atoms with van der Waals surface area (Å²) >= 11 is 6.14. The van der Waals surface area contributed by atoms with Crippen molar-refractivity contribution in [1.29, 1.82) is 0 Å². The molecule has 0 radical (unpaired) electrons. The molecule has 0 unspecified atom stereocenters. The summed E-state index contributed by atoms with van der Waals surface area (Å²) in [5, 5.41) is 0.674. The third-order valence-electron chi connectivity index (χ3n) is 4.44. The van der Waals surface area contributed by atoms with Gasteiger partial charge in [-0.05, 0) is 36.4 Å². The number of hydrogen-bond acceptors (Lipinski definition) is 4. The molecule has 1 heterocycles. The first-order valence-corrected chi connectivity index (χ1v) is 9.18. The Morgan fingerprint density at radius 1 is 1.03 bits per heavy atom. The van der Waals surface area contributed by atoms with Crippen molar-refractivity contribution >= 4 is 28.4 Å². The number of halogens is 1. The zero-order chi connectivity index (χ0) is 20.4. The molecule has 0 aliphatic heterocycles. The second-order valence-corrected chi connectivity index (χ2v) is 6.65. The summed E-state index contributed by atoms with van der Waals surface area (Å²) in [6, 6.07) is 20.7. The minimum Gasteiger partial charge on any atom is -0.497 e. The van der Waals surface area contributed by atoms with E-state index < -0.39 is 11.5 Å². The highest BCUT2D eigenvalue weighted by molar-refractivity contribution is 6.34. The molecule has 29 heavy (non-hydrogen) atoms. The number of carbonyl (C=O) groups is 1. The number of hydrogen-bond donors (Lipinski definition) is 1. The Morgan fingerprint density at radius 2 is 1.79 bits per heavy atom. The Bertz CT molecular complexity index is 1280. The van der Waals surface area contributed by atoms with E-state index in [9.17, 15) is 9.59 Å². The van der Waals surface area contributed by atoms with Crippen molar-refractivity contribution in [2.24, 2.45) is 0 Å². The smallest absolute Gasteiger partial charge is 0.280 e. The van der Waals surface area contributed by atoms with Crippen molar-refractivity contribution in [3.05, 3.63) is 93.7 Å². The number of carbonyl (C=O) groups excluding carboxylic acids is 1. The van der Waals surface area contributed by atoms with Crippen LogP contribution in [0.15, 0.2) is 77.6 Å². The zero-order valence-electron chi connectivity index (χ0n) is 15.4. The zero-order valence-corrected chi connectivity index (χ0v) is 16.2. The standard InChI is InChI=1S/C22H16ClN3O3/c1-29-15-8-6-7-14(13-15)20-24-19-12-5-3-10-17(19)22(28)26(20)25-21(27)16-9-2-4-11-18(16)23/h2-13H,1H3,(H,25,27). The van der Waals surface area contributed by atoms with Crippen LogP contribution in [0.2, 0.25) is 5.02 Å². The van der Waals surface area contributed by atoms with E-state index in [-0.39, 0.29) is 16.4 Å². The Balaban J connectivity index is 1.91. The summed E-state index contributed by atoms with van der Waals surface area (Å²) in [5.41, 5.74) is 3.65. The van der Waals surface area contributed by atoms with Gasteiger partial charge in [-0.15, -0.1) is 0 Å². The highest BCUT2D eigenvalue weighted by Crippen LogP contribution is 2.23. The van der Waals surface area contributed by atoms with Crippen LogP contribution in [0, 0.1) is 0 Å². The van der Waals surface area contributed by atoms with Crippen molar-refractivity contribution in [2.75, 3.05) is 12.5 Å². The maximum Gasteiger partial charge on any atom is 0.280 e. The van der Waals surface area contributed by atoms with Crippen LogP contribution < -0.4 is 15.7 Å². The van der Waals surface area contributed by atoms with E-state index in [1.165, 1.54) is 0 Å². The number of aromatic nitrogens is 2. The quantitative estimate of drug-likeness (QED) is 0.554. The van der Waals surface area contributed by atoms with E-state index in [1.54, 1.807) is 79.9 Å². The van der Waals surface area contributed by atoms with Crippen molar-refractivity contribution in [1.82, 2.24) is 9.66 Å². The molecule has 0 saturated heterocycles. The SMILES string of the molecule is COc1cccc(-c2nc3ccccc3c(=O)n2NC(=O)c2ccccc2Cl)c1. The van der Waals surface area contributed by atoms with E-state index in [4.69, 9.17) is 16.3 Å². The Morgan fingerprint density at radius 3 is 2.59 bits per heavy atom. The molecule has 4 aromatic rings. The number of methoxy groups -OCH3 is 1. The lowest BCUT2D eigenvalue weighted by Gasteiger charge is -2.15. The van der Waals surface area contributed by atoms with Gasteiger partial charge in [-0.2, -0.15) is 4.68 Å². The molecule has 144 valence electrons. The van der Waals surface area contributed by atoms with Crippen molar-refractivity contribution in [2.45, 2.75) is 0 Å². The molecule has 1 N–H and O–H groups in total. The molecule has 0 aliphatic carbocycles. The van der Waals surface area contributed by atoms with Gasteiger partial charge >= 0.3 is 0 Å². The summed E-state index contributed by atoms with van der Waals surface area (Å²) in [4.78, 5) is 30.6. The largest absolute Gasteiger partial charge is 0.497 e. The van der Waals surface area contributed by atoms with Gasteiger partial charge in [-0.3, -0.25) is 15.0 Å². The minimum atomic E-state index is -0.515. The predicted octanol–water partition coefficient (Wildman–Crippen LogP) is 4.11. The van der Waals surface area contributed by atoms with Crippen molar-refractivity contribution in [3.8, 4) is 17.1 Å². The van der Waals surface area contributed by atoms with Crippen LogP contribution in [-0.2, 0) is 0 Å². The summed E-state index contributed by atoms with van der Waals surface area (Å²) in [6.45, 7) is 0. The third kappa shape index (κ3) is 3.58. The average molecular weight is 406 g/mol. The molecule has 4 rings (SSSR count). The van der Waals surface area contributed by atoms with Crippen LogP contribution in [-0.4, -0.2) is 22.7 Å². The lowest BCUT2D eigenvalue weighted by Crippen LogP contribution is -2.35. The van der Waals surface area contributed by atoms with Gasteiger partial charge in [0.1, 0.15) is 5.75 Å². The highest BCUT2D eigenvalue weighted by Gasteiger charge is 2.17. The molecule has 0 atom stereocenters. The molecule has 7 heteroatoms. The number of amides is 1. The monoisotopic (exact) mass is 405 g/mol. The number of rotatable bonds is 4. The number of benzene rings is 3. The molecular weight excluding hydrogens is 390 g/mol. The maximum absolute atomic E-state index is 13.2. The molecule has 1 amide bonds. The van der Waals surface area contributed by atoms with Gasteiger partial charge in [0.05, 0.1) is 28.6 Å². The van der Waals surface area contributed by atoms with Crippen LogP contribution in [0.4, 0.5) is 0 Å². The van der Waals surface area contributed by atoms with Crippen molar-refractivity contribution in [3.63, 3.8) is 0 Å². The van der Waals surface area contributed by atoms with Gasteiger partial charge in [0, 0.05) is 5.56 Å². The minimum absolute atomic E-state index is 0.255. The van der Waals surface area contributed by atoms with E-state index in [0.29, 0.717) is 22.2 Å². The molecule has 1 aromatic heterocycles. The summed E-state index contributed by atoms with van der Waals surface area (Å²) < 4.78 is 6.42. The highest BCUT2D eigenvalue weighted by atomic mass is 35.5. The summed E-state index contributed by atoms with van der Waals surface area (Å²) in [6.07, 6.45) is 0. The first kappa shape index (κ1) is 18.7. The molecule has 3 aromatic carbocycles. The van der Waals surface area contributed by atoms with Gasteiger partial charge in [0.2, 0.25) is 0 Å². The number of para-hydroxylation sites is 1. The van der Waals surface area contributed by atoms with Crippen LogP contribution in [0.25, 0.3) is 22.3 Å². The molecule has 0 spiro atoms. The lowest BCUT2D eigenvalue weighted by atomic mass is 10.1. The van der Waals surface area contributed by atoms with Gasteiger partial charge in [0.25, 0.3) is 11.5 Å². The molecule has 0 bridgehead atoms. The molecular formula is C22H16ClN3O3. The third-order valence-corrected chi connectivity index (χ3v) is 4.77. The average Bonchev–Trinajstić information content (AvgIpc) is 2.76. The van der Waals surface area contributed by atoms with E-state index in [0.717, 1.165) is 4.68 Å². The summed E-state index contributed by atoms with van der Waals surface area (Å²) in [5.74, 6) is 0.376. The van der Waals surface area contributed by atoms with Crippen molar-refractivity contribution < 1.29 is 9.53 Å². The Hall–Kier alpha value is -3.64. The van der Waals surface area contributed by atoms with Crippen LogP contribution in [0.5, 0.6) is 5.75 Å². The topological polar surface area (TPSA) is 73.2 Å². The Labute approximate surface area is 171 Å². The van der Waals surface area contributed by atoms with Gasteiger partial charge in [-0.25, -0.2) is 4.98 Å². The number of ether oxygens (including phenoxy) is 1. The van der Waals surface area contributed by atoms with Crippen LogP contribution in [0.1, 0.15) is 10.4 Å². The van der Waals surface area contributed by atoms with E-state index in [2.05, 4.69) is 10.4 Å². The molecule has 0 fully saturated rings. The fourth-order valence-corrected chi connectivity index (χ4v) is 3.22. The van der Waals surface area contributed by atoms with Gasteiger partial charge in [-0.1, -0.05) is 48.0 Å². The summed E-state index contributed by atoms with van der Waals surface area (Å²) in [7, 11) is 1.55. The van der Waals surface area contributed by atoms with Gasteiger partial charge in [0.15, 0.2) is 5.82 Å². The fraction of sp³-hybridized carbons (Fsp3) is 0.0455. The van der Waals surface area contributed by atoms with E-state index in [1.807, 2.05) is 0 Å². The van der Waals surface area contributed by atoms with Gasteiger partial charge < -0.3 is 4.74 Å². The first-order chi connectivity index (χ1) is 14.1. The van der Waals surface area contributed by atoms with Crippen LogP contribution >= 0.6 is 11.6 Å². The molecule has 0 aliphatic rings. The number of fused-ring (bicyclic) bond motifs is 1. The van der Waals surface area contributed by atoms with E-state index >= 15 is 0 Å². The number of nitrogens with zero attached hydrogens (tertiary/aromatic N) is 2. The maximum atomic E-state index is 13.2. The molecule has 6 nitrogen and oxygen atoms in total. The van der Waals surface area contributed by atoms with Crippen LogP contribution in [0.3, 0.4) is 0 Å². The number of nitrogens with one attached hydrogen (secondary N) is 1. The first-order valence-electron chi connectivity index (χ1n) is 8.80. The molecule has 0 saturated carbocycles. The fourth-order valence-electron chi connectivity index (χ4n) is 3.00. The Kier molecular flexibility index (Phi) is 5.01. The lowest BCUT2D eigenvalue weighted by molar-refractivity contribution is 0.101. The normalized spacial score (nSPS) is 10.7. The second kappa shape index (κ2) is 7.77.